The molecule has 0 aromatic rings. The van der Waals surface area contributed by atoms with E-state index in [2.05, 4.69) is 53.7 Å². The summed E-state index contributed by atoms with van der Waals surface area (Å²) < 4.78 is 0. The number of allylic oxidation sites excluding steroid dienone is 4. The Balaban J connectivity index is 3.05. The quantitative estimate of drug-likeness (QED) is 0.479. The molecule has 0 fully saturated rings. The van der Waals surface area contributed by atoms with Gasteiger partial charge in [-0.05, 0) is 17.3 Å². The van der Waals surface area contributed by atoms with Crippen LogP contribution in [-0.2, 0) is 4.79 Å². The van der Waals surface area contributed by atoms with Gasteiger partial charge >= 0.3 is 0 Å². The van der Waals surface area contributed by atoms with Crippen LogP contribution in [0.2, 0.25) is 0 Å². The third-order valence-electron chi connectivity index (χ3n) is 3.25. The molecular formula is C15H24O. The average molecular weight is 220 g/mol. The number of carbonyl (C=O) groups excluding carboxylic acids is 1. The summed E-state index contributed by atoms with van der Waals surface area (Å²) in [4.78, 5) is 11.0. The minimum atomic E-state index is -0.0304. The maximum Gasteiger partial charge on any atom is 0.130 e. The Morgan fingerprint density at radius 3 is 1.62 bits per heavy atom. The molecule has 0 aliphatic heterocycles. The van der Waals surface area contributed by atoms with Gasteiger partial charge in [0.2, 0.25) is 0 Å². The van der Waals surface area contributed by atoms with E-state index in [1.807, 2.05) is 0 Å². The molecule has 0 amide bonds. The summed E-state index contributed by atoms with van der Waals surface area (Å²) in [7, 11) is 0. The molecule has 1 heteroatoms. The molecule has 1 rings (SSSR count). The lowest BCUT2D eigenvalue weighted by molar-refractivity contribution is -0.109. The molecule has 90 valence electrons. The van der Waals surface area contributed by atoms with Crippen molar-refractivity contribution in [1.29, 1.82) is 0 Å². The highest BCUT2D eigenvalue weighted by molar-refractivity contribution is 5.62. The second-order valence-corrected chi connectivity index (χ2v) is 6.77. The SMILES string of the molecule is CC(C)(C)C1=CC(C=O)C=C(C(C)(C)C)C1. The van der Waals surface area contributed by atoms with E-state index in [4.69, 9.17) is 0 Å². The summed E-state index contributed by atoms with van der Waals surface area (Å²) in [5.41, 5.74) is 3.09. The topological polar surface area (TPSA) is 17.1 Å². The molecule has 0 atom stereocenters. The normalized spacial score (nSPS) is 19.1. The van der Waals surface area contributed by atoms with Crippen molar-refractivity contribution in [3.8, 4) is 0 Å². The summed E-state index contributed by atoms with van der Waals surface area (Å²) in [5, 5.41) is 0. The molecule has 0 aromatic carbocycles. The first-order valence-electron chi connectivity index (χ1n) is 6.02. The molecule has 1 aliphatic rings. The first-order chi connectivity index (χ1) is 7.14. The van der Waals surface area contributed by atoms with Crippen LogP contribution in [0.4, 0.5) is 0 Å². The predicted molar refractivity (Wildman–Crippen MR) is 69.2 cm³/mol. The highest BCUT2D eigenvalue weighted by Crippen LogP contribution is 2.40. The van der Waals surface area contributed by atoms with E-state index in [-0.39, 0.29) is 16.7 Å². The van der Waals surface area contributed by atoms with E-state index in [1.165, 1.54) is 11.1 Å². The van der Waals surface area contributed by atoms with Crippen molar-refractivity contribution >= 4 is 6.29 Å². The van der Waals surface area contributed by atoms with Gasteiger partial charge in [0.1, 0.15) is 6.29 Å². The van der Waals surface area contributed by atoms with Crippen LogP contribution in [0.5, 0.6) is 0 Å². The van der Waals surface area contributed by atoms with Gasteiger partial charge in [-0.1, -0.05) is 64.8 Å². The van der Waals surface area contributed by atoms with E-state index >= 15 is 0 Å². The highest BCUT2D eigenvalue weighted by atomic mass is 16.1. The van der Waals surface area contributed by atoms with Crippen molar-refractivity contribution in [2.45, 2.75) is 48.0 Å². The fourth-order valence-corrected chi connectivity index (χ4v) is 1.94. The highest BCUT2D eigenvalue weighted by Gasteiger charge is 2.27. The molecule has 0 saturated heterocycles. The summed E-state index contributed by atoms with van der Waals surface area (Å²) >= 11 is 0. The maximum atomic E-state index is 11.0. The molecule has 16 heavy (non-hydrogen) atoms. The zero-order valence-electron chi connectivity index (χ0n) is 11.4. The van der Waals surface area contributed by atoms with E-state index in [9.17, 15) is 4.79 Å². The van der Waals surface area contributed by atoms with Crippen LogP contribution < -0.4 is 0 Å². The Hall–Kier alpha value is -0.850. The molecule has 0 bridgehead atoms. The first-order valence-corrected chi connectivity index (χ1v) is 6.02. The summed E-state index contributed by atoms with van der Waals surface area (Å²) in [5.74, 6) is -0.0304. The van der Waals surface area contributed by atoms with Gasteiger partial charge < -0.3 is 4.79 Å². The zero-order chi connectivity index (χ0) is 12.6. The van der Waals surface area contributed by atoms with Gasteiger partial charge in [-0.25, -0.2) is 0 Å². The fraction of sp³-hybridized carbons (Fsp3) is 0.667. The molecule has 1 aliphatic carbocycles. The van der Waals surface area contributed by atoms with Crippen LogP contribution in [0.1, 0.15) is 48.0 Å². The lowest BCUT2D eigenvalue weighted by atomic mass is 9.72. The lowest BCUT2D eigenvalue weighted by Gasteiger charge is -2.33. The van der Waals surface area contributed by atoms with Crippen LogP contribution in [0, 0.1) is 16.7 Å². The predicted octanol–water partition coefficient (Wildman–Crippen LogP) is 4.15. The van der Waals surface area contributed by atoms with Crippen molar-refractivity contribution in [1.82, 2.24) is 0 Å². The van der Waals surface area contributed by atoms with Crippen LogP contribution in [0.15, 0.2) is 23.3 Å². The van der Waals surface area contributed by atoms with Crippen LogP contribution >= 0.6 is 0 Å². The minimum absolute atomic E-state index is 0.0304. The van der Waals surface area contributed by atoms with Gasteiger partial charge in [0, 0.05) is 0 Å². The van der Waals surface area contributed by atoms with E-state index in [0.717, 1.165) is 12.7 Å². The molecule has 0 spiro atoms. The Morgan fingerprint density at radius 1 is 1.00 bits per heavy atom. The van der Waals surface area contributed by atoms with Crippen LogP contribution in [0.3, 0.4) is 0 Å². The van der Waals surface area contributed by atoms with E-state index < -0.39 is 0 Å². The first kappa shape index (κ1) is 13.2. The smallest absolute Gasteiger partial charge is 0.130 e. The van der Waals surface area contributed by atoms with Crippen molar-refractivity contribution in [2.75, 3.05) is 0 Å². The largest absolute Gasteiger partial charge is 0.302 e. The summed E-state index contributed by atoms with van der Waals surface area (Å²) in [6.45, 7) is 13.3. The third-order valence-corrected chi connectivity index (χ3v) is 3.25. The molecular weight excluding hydrogens is 196 g/mol. The van der Waals surface area contributed by atoms with Crippen LogP contribution in [-0.4, -0.2) is 6.29 Å². The number of aldehydes is 1. The van der Waals surface area contributed by atoms with Gasteiger partial charge in [0.25, 0.3) is 0 Å². The van der Waals surface area contributed by atoms with Crippen LogP contribution in [0.25, 0.3) is 0 Å². The lowest BCUT2D eigenvalue weighted by Crippen LogP contribution is -2.21. The number of hydrogen-bond acceptors (Lipinski definition) is 1. The van der Waals surface area contributed by atoms with Gasteiger partial charge in [0.05, 0.1) is 5.92 Å². The van der Waals surface area contributed by atoms with Crippen molar-refractivity contribution in [3.63, 3.8) is 0 Å². The van der Waals surface area contributed by atoms with Gasteiger partial charge in [0.15, 0.2) is 0 Å². The minimum Gasteiger partial charge on any atom is -0.302 e. The summed E-state index contributed by atoms with van der Waals surface area (Å²) in [6.07, 6.45) is 6.30. The zero-order valence-corrected chi connectivity index (χ0v) is 11.4. The second-order valence-electron chi connectivity index (χ2n) is 6.77. The van der Waals surface area contributed by atoms with Crippen molar-refractivity contribution in [2.24, 2.45) is 16.7 Å². The molecule has 0 radical (unpaired) electrons. The summed E-state index contributed by atoms with van der Waals surface area (Å²) in [6, 6.07) is 0. The Labute approximate surface area is 99.6 Å². The van der Waals surface area contributed by atoms with Gasteiger partial charge in [-0.3, -0.25) is 0 Å². The maximum absolute atomic E-state index is 11.0. The molecule has 0 heterocycles. The molecule has 0 aromatic heterocycles. The Bertz CT molecular complexity index is 301. The van der Waals surface area contributed by atoms with Crippen molar-refractivity contribution in [3.05, 3.63) is 23.3 Å². The molecule has 0 N–H and O–H groups in total. The van der Waals surface area contributed by atoms with E-state index in [0.29, 0.717) is 0 Å². The fourth-order valence-electron chi connectivity index (χ4n) is 1.94. The number of rotatable bonds is 1. The Kier molecular flexibility index (Phi) is 3.47. The average Bonchev–Trinajstić information content (AvgIpc) is 2.14. The van der Waals surface area contributed by atoms with Gasteiger partial charge in [-0.2, -0.15) is 0 Å². The Morgan fingerprint density at radius 2 is 1.38 bits per heavy atom. The monoisotopic (exact) mass is 220 g/mol. The standard InChI is InChI=1S/C15H24O/c1-14(2,3)12-7-11(10-16)8-13(9-12)15(4,5)6/h7-8,10-11H,9H2,1-6H3. The van der Waals surface area contributed by atoms with Gasteiger partial charge in [-0.15, -0.1) is 0 Å². The van der Waals surface area contributed by atoms with E-state index in [1.54, 1.807) is 0 Å². The van der Waals surface area contributed by atoms with Crippen molar-refractivity contribution < 1.29 is 4.79 Å². The molecule has 0 saturated carbocycles. The molecule has 1 nitrogen and oxygen atoms in total. The third kappa shape index (κ3) is 3.07. The number of hydrogen-bond donors (Lipinski definition) is 0. The molecule has 0 unspecified atom stereocenters. The number of carbonyl (C=O) groups is 1. The second kappa shape index (κ2) is 4.20.